The van der Waals surface area contributed by atoms with Crippen LogP contribution in [0.1, 0.15) is 162 Å². The molecule has 0 fully saturated rings. The Morgan fingerprint density at radius 1 is 0.622 bits per heavy atom. The van der Waals surface area contributed by atoms with Crippen LogP contribution < -0.4 is 5.32 Å². The summed E-state index contributed by atoms with van der Waals surface area (Å²) in [6.45, 7) is 4.26. The van der Waals surface area contributed by atoms with E-state index in [9.17, 15) is 15.0 Å². The van der Waals surface area contributed by atoms with Crippen molar-refractivity contribution in [3.8, 4) is 0 Å². The van der Waals surface area contributed by atoms with Crippen LogP contribution in [0.4, 0.5) is 0 Å². The maximum atomic E-state index is 12.2. The number of carbonyl (C=O) groups excluding carboxylic acids is 1. The normalized spacial score (nSPS) is 13.5. The van der Waals surface area contributed by atoms with Crippen molar-refractivity contribution in [3.05, 3.63) is 24.3 Å². The molecule has 0 heterocycles. The summed E-state index contributed by atoms with van der Waals surface area (Å²) in [6, 6.07) is -0.631. The van der Waals surface area contributed by atoms with Crippen LogP contribution >= 0.6 is 0 Å². The van der Waals surface area contributed by atoms with Crippen LogP contribution in [-0.2, 0) is 4.79 Å². The van der Waals surface area contributed by atoms with E-state index < -0.39 is 12.1 Å². The maximum absolute atomic E-state index is 12.2. The van der Waals surface area contributed by atoms with Crippen molar-refractivity contribution in [2.75, 3.05) is 6.61 Å². The molecule has 4 nitrogen and oxygen atoms in total. The third-order valence-corrected chi connectivity index (χ3v) is 7.19. The molecule has 0 aliphatic rings. The van der Waals surface area contributed by atoms with Gasteiger partial charge in [-0.15, -0.1) is 0 Å². The number of unbranched alkanes of at least 4 members (excludes halogenated alkanes) is 19. The molecule has 2 atom stereocenters. The van der Waals surface area contributed by atoms with Crippen molar-refractivity contribution in [2.24, 2.45) is 0 Å². The Bertz CT molecular complexity index is 532. The summed E-state index contributed by atoms with van der Waals surface area (Å²) in [5.74, 6) is -0.0767. The summed E-state index contributed by atoms with van der Waals surface area (Å²) in [6.07, 6.45) is 35.3. The number of rotatable bonds is 28. The fourth-order valence-electron chi connectivity index (χ4n) is 4.66. The fourth-order valence-corrected chi connectivity index (χ4v) is 4.66. The summed E-state index contributed by atoms with van der Waals surface area (Å²) >= 11 is 0. The molecule has 0 unspecified atom stereocenters. The van der Waals surface area contributed by atoms with Gasteiger partial charge in [0.15, 0.2) is 0 Å². The lowest BCUT2D eigenvalue weighted by Crippen LogP contribution is -2.45. The predicted molar refractivity (Wildman–Crippen MR) is 161 cm³/mol. The molecular formula is C33H63NO3. The van der Waals surface area contributed by atoms with Crippen molar-refractivity contribution in [3.63, 3.8) is 0 Å². The van der Waals surface area contributed by atoms with Gasteiger partial charge in [-0.1, -0.05) is 147 Å². The highest BCUT2D eigenvalue weighted by atomic mass is 16.3. The molecule has 0 spiro atoms. The lowest BCUT2D eigenvalue weighted by atomic mass is 10.0. The first kappa shape index (κ1) is 35.9. The summed E-state index contributed by atoms with van der Waals surface area (Å²) in [4.78, 5) is 12.2. The number of amides is 1. The first-order chi connectivity index (χ1) is 18.2. The van der Waals surface area contributed by atoms with E-state index in [4.69, 9.17) is 0 Å². The zero-order valence-electron chi connectivity index (χ0n) is 24.7. The molecule has 37 heavy (non-hydrogen) atoms. The van der Waals surface area contributed by atoms with Crippen LogP contribution in [0.15, 0.2) is 24.3 Å². The van der Waals surface area contributed by atoms with Crippen molar-refractivity contribution >= 4 is 5.91 Å². The Morgan fingerprint density at radius 2 is 1.05 bits per heavy atom. The minimum absolute atomic E-state index is 0.0767. The number of aliphatic hydroxyl groups excluding tert-OH is 2. The molecule has 0 aromatic heterocycles. The molecular weight excluding hydrogens is 458 g/mol. The summed E-state index contributed by atoms with van der Waals surface area (Å²) < 4.78 is 0. The number of allylic oxidation sites excluding steroid dienone is 3. The second-order valence-corrected chi connectivity index (χ2v) is 10.9. The minimum Gasteiger partial charge on any atom is -0.394 e. The SMILES string of the molecule is CCCCCCCC/C=C/CC/C=C/[C@@H](O)[C@H](CO)NC(=O)CCCCCCCCCCCCCCC. The van der Waals surface area contributed by atoms with E-state index >= 15 is 0 Å². The van der Waals surface area contributed by atoms with E-state index in [-0.39, 0.29) is 12.5 Å². The number of hydrogen-bond donors (Lipinski definition) is 3. The third-order valence-electron chi connectivity index (χ3n) is 7.19. The van der Waals surface area contributed by atoms with E-state index in [1.807, 2.05) is 6.08 Å². The van der Waals surface area contributed by atoms with Gasteiger partial charge in [-0.25, -0.2) is 0 Å². The summed E-state index contributed by atoms with van der Waals surface area (Å²) in [5, 5.41) is 22.7. The van der Waals surface area contributed by atoms with Gasteiger partial charge in [0.2, 0.25) is 5.91 Å². The van der Waals surface area contributed by atoms with Crippen molar-refractivity contribution in [1.29, 1.82) is 0 Å². The topological polar surface area (TPSA) is 69.6 Å². The quantitative estimate of drug-likeness (QED) is 0.0711. The van der Waals surface area contributed by atoms with E-state index in [0.29, 0.717) is 6.42 Å². The van der Waals surface area contributed by atoms with Gasteiger partial charge < -0.3 is 15.5 Å². The molecule has 1 amide bonds. The van der Waals surface area contributed by atoms with Gasteiger partial charge in [-0.05, 0) is 32.1 Å². The molecule has 0 aromatic carbocycles. The molecule has 0 aliphatic carbocycles. The van der Waals surface area contributed by atoms with Gasteiger partial charge >= 0.3 is 0 Å². The Morgan fingerprint density at radius 3 is 1.57 bits per heavy atom. The lowest BCUT2D eigenvalue weighted by Gasteiger charge is -2.19. The molecule has 0 bridgehead atoms. The van der Waals surface area contributed by atoms with E-state index in [1.165, 1.54) is 109 Å². The average molecular weight is 522 g/mol. The lowest BCUT2D eigenvalue weighted by molar-refractivity contribution is -0.123. The van der Waals surface area contributed by atoms with Crippen LogP contribution in [-0.4, -0.2) is 34.9 Å². The van der Waals surface area contributed by atoms with Crippen LogP contribution in [0.5, 0.6) is 0 Å². The number of hydrogen-bond acceptors (Lipinski definition) is 3. The van der Waals surface area contributed by atoms with Gasteiger partial charge in [-0.2, -0.15) is 0 Å². The van der Waals surface area contributed by atoms with Gasteiger partial charge in [0.25, 0.3) is 0 Å². The number of carbonyl (C=O) groups is 1. The van der Waals surface area contributed by atoms with Gasteiger partial charge in [0.1, 0.15) is 0 Å². The van der Waals surface area contributed by atoms with Gasteiger partial charge in [0.05, 0.1) is 18.8 Å². The van der Waals surface area contributed by atoms with E-state index in [1.54, 1.807) is 6.08 Å². The fraction of sp³-hybridized carbons (Fsp3) is 0.848. The van der Waals surface area contributed by atoms with Crippen molar-refractivity contribution in [2.45, 2.75) is 174 Å². The standard InChI is InChI=1S/C33H63NO3/c1-3-5-7-9-11-13-15-17-19-21-23-25-27-29-33(37)34-31(30-35)32(36)28-26-24-22-20-18-16-14-12-10-8-6-4-2/h18,20,26,28,31-32,35-36H,3-17,19,21-25,27,29-30H2,1-2H3,(H,34,37)/b20-18+,28-26+/t31-,32+/m0/s1. The van der Waals surface area contributed by atoms with E-state index in [2.05, 4.69) is 31.3 Å². The Hall–Kier alpha value is -1.13. The molecule has 0 aliphatic heterocycles. The second-order valence-electron chi connectivity index (χ2n) is 10.9. The highest BCUT2D eigenvalue weighted by molar-refractivity contribution is 5.76. The molecule has 218 valence electrons. The maximum Gasteiger partial charge on any atom is 0.220 e. The highest BCUT2D eigenvalue weighted by Crippen LogP contribution is 2.13. The van der Waals surface area contributed by atoms with Crippen molar-refractivity contribution < 1.29 is 15.0 Å². The van der Waals surface area contributed by atoms with Gasteiger partial charge in [0, 0.05) is 6.42 Å². The molecule has 3 N–H and O–H groups in total. The monoisotopic (exact) mass is 521 g/mol. The highest BCUT2D eigenvalue weighted by Gasteiger charge is 2.17. The van der Waals surface area contributed by atoms with Crippen LogP contribution in [0.3, 0.4) is 0 Å². The van der Waals surface area contributed by atoms with Crippen molar-refractivity contribution in [1.82, 2.24) is 5.32 Å². The zero-order chi connectivity index (χ0) is 27.2. The Balaban J connectivity index is 3.71. The first-order valence-corrected chi connectivity index (χ1v) is 16.1. The van der Waals surface area contributed by atoms with Crippen LogP contribution in [0.25, 0.3) is 0 Å². The molecule has 4 heteroatoms. The summed E-state index contributed by atoms with van der Waals surface area (Å²) in [5.41, 5.74) is 0. The zero-order valence-corrected chi connectivity index (χ0v) is 24.7. The predicted octanol–water partition coefficient (Wildman–Crippen LogP) is 8.95. The minimum atomic E-state index is -0.854. The van der Waals surface area contributed by atoms with E-state index in [0.717, 1.165) is 32.1 Å². The molecule has 0 rings (SSSR count). The van der Waals surface area contributed by atoms with Crippen LogP contribution in [0, 0.1) is 0 Å². The number of aliphatic hydroxyl groups is 2. The number of nitrogens with one attached hydrogen (secondary N) is 1. The molecule has 0 radical (unpaired) electrons. The summed E-state index contributed by atoms with van der Waals surface area (Å²) in [7, 11) is 0. The van der Waals surface area contributed by atoms with Gasteiger partial charge in [-0.3, -0.25) is 4.79 Å². The molecule has 0 aromatic rings. The largest absolute Gasteiger partial charge is 0.394 e. The third kappa shape index (κ3) is 26.3. The Kier molecular flexibility index (Phi) is 28.5. The molecule has 0 saturated heterocycles. The Labute approximate surface area is 230 Å². The first-order valence-electron chi connectivity index (χ1n) is 16.1. The average Bonchev–Trinajstić information content (AvgIpc) is 2.90. The molecule has 0 saturated carbocycles. The second kappa shape index (κ2) is 29.4. The van der Waals surface area contributed by atoms with Crippen LogP contribution in [0.2, 0.25) is 0 Å². The smallest absolute Gasteiger partial charge is 0.220 e.